The van der Waals surface area contributed by atoms with Crippen LogP contribution in [0.3, 0.4) is 0 Å². The van der Waals surface area contributed by atoms with Gasteiger partial charge >= 0.3 is 0 Å². The Morgan fingerprint density at radius 2 is 2.27 bits per heavy atom. The van der Waals surface area contributed by atoms with Gasteiger partial charge in [-0.25, -0.2) is 0 Å². The van der Waals surface area contributed by atoms with E-state index < -0.39 is 0 Å². The van der Waals surface area contributed by atoms with E-state index in [0.717, 1.165) is 11.7 Å². The zero-order chi connectivity index (χ0) is 10.5. The van der Waals surface area contributed by atoms with E-state index in [1.54, 1.807) is 0 Å². The maximum Gasteiger partial charge on any atom is 0.0196 e. The van der Waals surface area contributed by atoms with E-state index in [0.29, 0.717) is 0 Å². The van der Waals surface area contributed by atoms with E-state index in [4.69, 9.17) is 5.73 Å². The van der Waals surface area contributed by atoms with Crippen LogP contribution in [0.2, 0.25) is 0 Å². The number of thioether (sulfide) groups is 1. The third kappa shape index (κ3) is 1.93. The van der Waals surface area contributed by atoms with Crippen molar-refractivity contribution in [3.8, 4) is 0 Å². The molecule has 1 aliphatic carbocycles. The summed E-state index contributed by atoms with van der Waals surface area (Å²) < 4.78 is 0. The molecule has 1 nitrogen and oxygen atoms in total. The Labute approximate surface area is 95.4 Å². The molecule has 0 aromatic heterocycles. The van der Waals surface area contributed by atoms with Gasteiger partial charge in [0.1, 0.15) is 0 Å². The molecule has 3 rings (SSSR count). The number of hydrogen-bond donors (Lipinski definition) is 1. The van der Waals surface area contributed by atoms with Crippen LogP contribution < -0.4 is 5.73 Å². The Kier molecular flexibility index (Phi) is 2.12. The molecule has 1 saturated carbocycles. The Bertz CT molecular complexity index is 396. The highest BCUT2D eigenvalue weighted by atomic mass is 32.2. The smallest absolute Gasteiger partial charge is 0.0196 e. The molecular weight excluding hydrogens is 202 g/mol. The number of fused-ring (bicyclic) bond motifs is 1. The number of nitrogens with two attached hydrogens (primary N) is 1. The van der Waals surface area contributed by atoms with Gasteiger partial charge in [0.2, 0.25) is 0 Å². The van der Waals surface area contributed by atoms with Gasteiger partial charge in [-0.3, -0.25) is 0 Å². The Hall–Kier alpha value is -0.470. The standard InChI is InChI=1S/C13H17NS/c1-9-6-11-7-10(2-3-12(11)15-9)8-13(14)4-5-13/h2-3,7,9H,4-6,8,14H2,1H3. The Morgan fingerprint density at radius 1 is 1.47 bits per heavy atom. The van der Waals surface area contributed by atoms with E-state index in [2.05, 4.69) is 25.1 Å². The molecule has 1 fully saturated rings. The molecule has 2 N–H and O–H groups in total. The molecule has 2 aliphatic rings. The summed E-state index contributed by atoms with van der Waals surface area (Å²) in [7, 11) is 0. The first-order chi connectivity index (χ1) is 7.15. The minimum Gasteiger partial charge on any atom is -0.325 e. The summed E-state index contributed by atoms with van der Waals surface area (Å²) in [6.07, 6.45) is 4.70. The van der Waals surface area contributed by atoms with Crippen LogP contribution in [-0.4, -0.2) is 10.8 Å². The third-order valence-corrected chi connectivity index (χ3v) is 4.63. The second-order valence-electron chi connectivity index (χ2n) is 5.11. The molecule has 0 radical (unpaired) electrons. The lowest BCUT2D eigenvalue weighted by Gasteiger charge is -2.09. The van der Waals surface area contributed by atoms with Gasteiger partial charge in [0.25, 0.3) is 0 Å². The molecule has 1 unspecified atom stereocenters. The molecule has 1 aromatic rings. The molecule has 0 spiro atoms. The number of hydrogen-bond acceptors (Lipinski definition) is 2. The van der Waals surface area contributed by atoms with Crippen molar-refractivity contribution in [1.29, 1.82) is 0 Å². The van der Waals surface area contributed by atoms with Crippen molar-refractivity contribution in [3.05, 3.63) is 29.3 Å². The molecule has 1 heterocycles. The van der Waals surface area contributed by atoms with Crippen molar-refractivity contribution < 1.29 is 0 Å². The van der Waals surface area contributed by atoms with E-state index in [1.165, 1.54) is 35.3 Å². The summed E-state index contributed by atoms with van der Waals surface area (Å²) in [5, 5.41) is 0.753. The topological polar surface area (TPSA) is 26.0 Å². The van der Waals surface area contributed by atoms with Crippen LogP contribution in [0.1, 0.15) is 30.9 Å². The first-order valence-corrected chi connectivity index (χ1v) is 6.60. The quantitative estimate of drug-likeness (QED) is 0.827. The highest BCUT2D eigenvalue weighted by Gasteiger charge is 2.38. The summed E-state index contributed by atoms with van der Waals surface area (Å²) in [4.78, 5) is 1.48. The van der Waals surface area contributed by atoms with E-state index >= 15 is 0 Å². The Balaban J connectivity index is 1.83. The van der Waals surface area contributed by atoms with Gasteiger partial charge in [-0.05, 0) is 42.9 Å². The van der Waals surface area contributed by atoms with Crippen LogP contribution in [0.25, 0.3) is 0 Å². The SMILES string of the molecule is CC1Cc2cc(CC3(N)CC3)ccc2S1. The third-order valence-electron chi connectivity index (χ3n) is 3.41. The van der Waals surface area contributed by atoms with Crippen LogP contribution >= 0.6 is 11.8 Å². The molecule has 2 heteroatoms. The minimum absolute atomic E-state index is 0.144. The summed E-state index contributed by atoms with van der Waals surface area (Å²) >= 11 is 2.00. The number of rotatable bonds is 2. The predicted octanol–water partition coefficient (Wildman–Crippen LogP) is 2.76. The van der Waals surface area contributed by atoms with Gasteiger partial charge in [-0.1, -0.05) is 19.1 Å². The first kappa shape index (κ1) is 9.73. The molecule has 0 saturated heterocycles. The van der Waals surface area contributed by atoms with Gasteiger partial charge < -0.3 is 5.73 Å². The largest absolute Gasteiger partial charge is 0.325 e. The van der Waals surface area contributed by atoms with Gasteiger partial charge in [0.05, 0.1) is 0 Å². The maximum absolute atomic E-state index is 6.15. The van der Waals surface area contributed by atoms with Crippen molar-refractivity contribution in [3.63, 3.8) is 0 Å². The molecule has 15 heavy (non-hydrogen) atoms. The fourth-order valence-corrected chi connectivity index (χ4v) is 3.47. The van der Waals surface area contributed by atoms with Gasteiger partial charge in [-0.2, -0.15) is 0 Å². The summed E-state index contributed by atoms with van der Waals surface area (Å²) in [6, 6.07) is 6.92. The van der Waals surface area contributed by atoms with Gasteiger partial charge in [0.15, 0.2) is 0 Å². The lowest BCUT2D eigenvalue weighted by molar-refractivity contribution is 0.671. The van der Waals surface area contributed by atoms with Crippen LogP contribution in [0.5, 0.6) is 0 Å². The highest BCUT2D eigenvalue weighted by Crippen LogP contribution is 2.39. The highest BCUT2D eigenvalue weighted by molar-refractivity contribution is 8.00. The fraction of sp³-hybridized carbons (Fsp3) is 0.538. The average Bonchev–Trinajstić information content (AvgIpc) is 2.76. The van der Waals surface area contributed by atoms with Crippen molar-refractivity contribution in [2.75, 3.05) is 0 Å². The maximum atomic E-state index is 6.15. The van der Waals surface area contributed by atoms with Gasteiger partial charge in [-0.15, -0.1) is 11.8 Å². The van der Waals surface area contributed by atoms with Crippen molar-refractivity contribution in [2.24, 2.45) is 5.73 Å². The van der Waals surface area contributed by atoms with Crippen molar-refractivity contribution in [2.45, 2.75) is 48.3 Å². The lowest BCUT2D eigenvalue weighted by Crippen LogP contribution is -2.24. The predicted molar refractivity (Wildman–Crippen MR) is 65.3 cm³/mol. The molecule has 0 amide bonds. The zero-order valence-electron chi connectivity index (χ0n) is 9.12. The molecule has 1 atom stereocenters. The van der Waals surface area contributed by atoms with Crippen LogP contribution in [0.15, 0.2) is 23.1 Å². The first-order valence-electron chi connectivity index (χ1n) is 5.72. The Morgan fingerprint density at radius 3 is 3.00 bits per heavy atom. The summed E-state index contributed by atoms with van der Waals surface area (Å²) in [5.41, 5.74) is 9.26. The second kappa shape index (κ2) is 3.26. The van der Waals surface area contributed by atoms with E-state index in [1.807, 2.05) is 11.8 Å². The molecule has 1 aliphatic heterocycles. The summed E-state index contributed by atoms with van der Waals surface area (Å²) in [6.45, 7) is 2.30. The van der Waals surface area contributed by atoms with Crippen molar-refractivity contribution in [1.82, 2.24) is 0 Å². The second-order valence-corrected chi connectivity index (χ2v) is 6.59. The zero-order valence-corrected chi connectivity index (χ0v) is 9.94. The molecule has 80 valence electrons. The van der Waals surface area contributed by atoms with Gasteiger partial charge in [0, 0.05) is 15.7 Å². The minimum atomic E-state index is 0.144. The monoisotopic (exact) mass is 219 g/mol. The summed E-state index contributed by atoms with van der Waals surface area (Å²) in [5.74, 6) is 0. The number of benzene rings is 1. The van der Waals surface area contributed by atoms with Crippen LogP contribution in [0.4, 0.5) is 0 Å². The van der Waals surface area contributed by atoms with E-state index in [-0.39, 0.29) is 5.54 Å². The molecule has 1 aromatic carbocycles. The average molecular weight is 219 g/mol. The van der Waals surface area contributed by atoms with Crippen molar-refractivity contribution >= 4 is 11.8 Å². The fourth-order valence-electron chi connectivity index (χ4n) is 2.33. The molecular formula is C13H17NS. The normalized spacial score (nSPS) is 26.4. The lowest BCUT2D eigenvalue weighted by atomic mass is 10.0. The molecule has 0 bridgehead atoms. The van der Waals surface area contributed by atoms with Crippen LogP contribution in [-0.2, 0) is 12.8 Å². The van der Waals surface area contributed by atoms with Crippen LogP contribution in [0, 0.1) is 0 Å². The van der Waals surface area contributed by atoms with E-state index in [9.17, 15) is 0 Å².